The Bertz CT molecular complexity index is 806. The molecule has 0 aliphatic rings. The van der Waals surface area contributed by atoms with Crippen molar-refractivity contribution in [3.8, 4) is 5.69 Å². The molecule has 0 saturated carbocycles. The molecular formula is C18H21N5O. The number of benzene rings is 1. The summed E-state index contributed by atoms with van der Waals surface area (Å²) in [5.41, 5.74) is 2.66. The lowest BCUT2D eigenvalue weighted by Crippen LogP contribution is -2.28. The molecule has 0 fully saturated rings. The SMILES string of the molecule is CCCn1nccc1C(=O)N(C)Cc1cccc(-n2cccn2)c1. The molecule has 6 nitrogen and oxygen atoms in total. The van der Waals surface area contributed by atoms with Crippen LogP contribution in [0.1, 0.15) is 29.4 Å². The topological polar surface area (TPSA) is 56.0 Å². The second-order valence-corrected chi connectivity index (χ2v) is 5.72. The van der Waals surface area contributed by atoms with E-state index in [4.69, 9.17) is 0 Å². The summed E-state index contributed by atoms with van der Waals surface area (Å²) in [5, 5.41) is 8.46. The van der Waals surface area contributed by atoms with Gasteiger partial charge in [0.1, 0.15) is 5.69 Å². The molecule has 2 heterocycles. The van der Waals surface area contributed by atoms with Crippen LogP contribution in [0.15, 0.2) is 55.0 Å². The Balaban J connectivity index is 1.75. The minimum Gasteiger partial charge on any atom is -0.336 e. The lowest BCUT2D eigenvalue weighted by Gasteiger charge is -2.18. The summed E-state index contributed by atoms with van der Waals surface area (Å²) in [4.78, 5) is 14.4. The van der Waals surface area contributed by atoms with Crippen molar-refractivity contribution in [1.82, 2.24) is 24.5 Å². The molecule has 1 amide bonds. The van der Waals surface area contributed by atoms with Crippen molar-refractivity contribution in [2.45, 2.75) is 26.4 Å². The first kappa shape index (κ1) is 16.0. The van der Waals surface area contributed by atoms with Gasteiger partial charge in [-0.3, -0.25) is 9.48 Å². The molecule has 0 unspecified atom stereocenters. The van der Waals surface area contributed by atoms with Crippen molar-refractivity contribution in [3.05, 3.63) is 66.2 Å². The van der Waals surface area contributed by atoms with Gasteiger partial charge in [0.15, 0.2) is 0 Å². The van der Waals surface area contributed by atoms with E-state index in [1.54, 1.807) is 28.0 Å². The summed E-state index contributed by atoms with van der Waals surface area (Å²) in [6.45, 7) is 3.35. The van der Waals surface area contributed by atoms with Crippen LogP contribution in [0.25, 0.3) is 5.69 Å². The first-order valence-electron chi connectivity index (χ1n) is 8.05. The highest BCUT2D eigenvalue weighted by Gasteiger charge is 2.16. The van der Waals surface area contributed by atoms with Crippen molar-refractivity contribution < 1.29 is 4.79 Å². The van der Waals surface area contributed by atoms with Gasteiger partial charge in [0.2, 0.25) is 0 Å². The molecule has 0 N–H and O–H groups in total. The third-order valence-electron chi connectivity index (χ3n) is 3.82. The Morgan fingerprint density at radius 1 is 1.17 bits per heavy atom. The van der Waals surface area contributed by atoms with Gasteiger partial charge in [0.05, 0.1) is 5.69 Å². The monoisotopic (exact) mass is 323 g/mol. The summed E-state index contributed by atoms with van der Waals surface area (Å²) in [5.74, 6) is -0.0227. The Morgan fingerprint density at radius 3 is 2.79 bits per heavy atom. The van der Waals surface area contributed by atoms with Gasteiger partial charge in [-0.05, 0) is 36.2 Å². The molecule has 6 heteroatoms. The fraction of sp³-hybridized carbons (Fsp3) is 0.278. The Hall–Kier alpha value is -2.89. The van der Waals surface area contributed by atoms with Gasteiger partial charge in [0, 0.05) is 38.7 Å². The fourth-order valence-corrected chi connectivity index (χ4v) is 2.66. The lowest BCUT2D eigenvalue weighted by atomic mass is 10.2. The smallest absolute Gasteiger partial charge is 0.272 e. The molecule has 2 aromatic heterocycles. The summed E-state index contributed by atoms with van der Waals surface area (Å²) in [7, 11) is 1.81. The van der Waals surface area contributed by atoms with Gasteiger partial charge >= 0.3 is 0 Å². The average molecular weight is 323 g/mol. The average Bonchev–Trinajstić information content (AvgIpc) is 3.26. The largest absolute Gasteiger partial charge is 0.336 e. The van der Waals surface area contributed by atoms with E-state index in [1.165, 1.54) is 0 Å². The van der Waals surface area contributed by atoms with Gasteiger partial charge in [-0.1, -0.05) is 19.1 Å². The standard InChI is InChI=1S/C18H21N5O/c1-3-11-23-17(8-10-20-23)18(24)21(2)14-15-6-4-7-16(13-15)22-12-5-9-19-22/h4-10,12-13H,3,11,14H2,1-2H3. The van der Waals surface area contributed by atoms with Crippen molar-refractivity contribution in [1.29, 1.82) is 0 Å². The first-order valence-corrected chi connectivity index (χ1v) is 8.05. The van der Waals surface area contributed by atoms with E-state index in [0.717, 1.165) is 24.2 Å². The third-order valence-corrected chi connectivity index (χ3v) is 3.82. The second kappa shape index (κ2) is 7.12. The van der Waals surface area contributed by atoms with Crippen LogP contribution in [0.2, 0.25) is 0 Å². The minimum absolute atomic E-state index is 0.0227. The highest BCUT2D eigenvalue weighted by atomic mass is 16.2. The number of aryl methyl sites for hydroxylation is 1. The molecule has 24 heavy (non-hydrogen) atoms. The molecule has 0 atom stereocenters. The van der Waals surface area contributed by atoms with Gasteiger partial charge in [-0.2, -0.15) is 10.2 Å². The number of hydrogen-bond donors (Lipinski definition) is 0. The van der Waals surface area contributed by atoms with Crippen molar-refractivity contribution in [2.75, 3.05) is 7.05 Å². The van der Waals surface area contributed by atoms with Crippen LogP contribution in [0, 0.1) is 0 Å². The summed E-state index contributed by atoms with van der Waals surface area (Å²) >= 11 is 0. The summed E-state index contributed by atoms with van der Waals surface area (Å²) < 4.78 is 3.57. The first-order chi connectivity index (χ1) is 11.7. The van der Waals surface area contributed by atoms with Crippen LogP contribution >= 0.6 is 0 Å². The molecule has 0 bridgehead atoms. The molecule has 0 radical (unpaired) electrons. The maximum atomic E-state index is 12.7. The highest BCUT2D eigenvalue weighted by molar-refractivity contribution is 5.92. The van der Waals surface area contributed by atoms with Crippen molar-refractivity contribution >= 4 is 5.91 Å². The second-order valence-electron chi connectivity index (χ2n) is 5.72. The highest BCUT2D eigenvalue weighted by Crippen LogP contribution is 2.13. The number of amides is 1. The molecule has 3 rings (SSSR count). The van der Waals surface area contributed by atoms with E-state index in [9.17, 15) is 4.79 Å². The van der Waals surface area contributed by atoms with Crippen LogP contribution in [0.3, 0.4) is 0 Å². The summed E-state index contributed by atoms with van der Waals surface area (Å²) in [6.07, 6.45) is 6.27. The van der Waals surface area contributed by atoms with Crippen LogP contribution in [-0.2, 0) is 13.1 Å². The van der Waals surface area contributed by atoms with E-state index < -0.39 is 0 Å². The normalized spacial score (nSPS) is 10.8. The predicted molar refractivity (Wildman–Crippen MR) is 91.9 cm³/mol. The Labute approximate surface area is 141 Å². The number of hydrogen-bond acceptors (Lipinski definition) is 3. The quantitative estimate of drug-likeness (QED) is 0.701. The zero-order chi connectivity index (χ0) is 16.9. The Morgan fingerprint density at radius 2 is 2.04 bits per heavy atom. The third kappa shape index (κ3) is 3.37. The molecule has 0 aliphatic carbocycles. The predicted octanol–water partition coefficient (Wildman–Crippen LogP) is 2.75. The van der Waals surface area contributed by atoms with E-state index in [0.29, 0.717) is 12.2 Å². The Kier molecular flexibility index (Phi) is 4.74. The molecule has 0 aliphatic heterocycles. The van der Waals surface area contributed by atoms with Crippen molar-refractivity contribution in [2.24, 2.45) is 0 Å². The zero-order valence-corrected chi connectivity index (χ0v) is 14.0. The molecule has 1 aromatic carbocycles. The zero-order valence-electron chi connectivity index (χ0n) is 14.0. The fourth-order valence-electron chi connectivity index (χ4n) is 2.66. The minimum atomic E-state index is -0.0227. The number of carbonyl (C=O) groups excluding carboxylic acids is 1. The van der Waals surface area contributed by atoms with Crippen LogP contribution < -0.4 is 0 Å². The van der Waals surface area contributed by atoms with Crippen LogP contribution in [0.5, 0.6) is 0 Å². The van der Waals surface area contributed by atoms with Gasteiger partial charge < -0.3 is 4.90 Å². The number of aromatic nitrogens is 4. The van der Waals surface area contributed by atoms with E-state index in [1.807, 2.05) is 48.3 Å². The van der Waals surface area contributed by atoms with Gasteiger partial charge in [-0.15, -0.1) is 0 Å². The molecule has 0 saturated heterocycles. The lowest BCUT2D eigenvalue weighted by molar-refractivity contribution is 0.0772. The van der Waals surface area contributed by atoms with Crippen LogP contribution in [0.4, 0.5) is 0 Å². The number of nitrogens with zero attached hydrogens (tertiary/aromatic N) is 5. The molecule has 3 aromatic rings. The number of rotatable bonds is 6. The molecule has 0 spiro atoms. The van der Waals surface area contributed by atoms with Crippen LogP contribution in [-0.4, -0.2) is 37.4 Å². The van der Waals surface area contributed by atoms with E-state index in [-0.39, 0.29) is 5.91 Å². The van der Waals surface area contributed by atoms with Gasteiger partial charge in [-0.25, -0.2) is 4.68 Å². The molecule has 124 valence electrons. The van der Waals surface area contributed by atoms with E-state index in [2.05, 4.69) is 17.1 Å². The molecular weight excluding hydrogens is 302 g/mol. The number of carbonyl (C=O) groups is 1. The van der Waals surface area contributed by atoms with Crippen molar-refractivity contribution in [3.63, 3.8) is 0 Å². The maximum Gasteiger partial charge on any atom is 0.272 e. The maximum absolute atomic E-state index is 12.7. The van der Waals surface area contributed by atoms with E-state index >= 15 is 0 Å². The van der Waals surface area contributed by atoms with Gasteiger partial charge in [0.25, 0.3) is 5.91 Å². The summed E-state index contributed by atoms with van der Waals surface area (Å²) in [6, 6.07) is 11.7.